The molecule has 0 atom stereocenters. The maximum absolute atomic E-state index is 13.1. The molecule has 0 aliphatic heterocycles. The molecular weight excluding hydrogens is 347 g/mol. The number of nitrogens with zero attached hydrogens (tertiary/aromatic N) is 5. The van der Waals surface area contributed by atoms with Crippen molar-refractivity contribution in [2.24, 2.45) is 5.10 Å². The Balaban J connectivity index is 1.69. The monoisotopic (exact) mass is 362 g/mol. The number of benzene rings is 3. The summed E-state index contributed by atoms with van der Waals surface area (Å²) in [7, 11) is 0. The molecule has 0 fully saturated rings. The molecule has 0 radical (unpaired) electrons. The molecule has 4 rings (SSSR count). The number of nitrogen functional groups attached to an aromatic ring is 1. The third-order valence-electron chi connectivity index (χ3n) is 4.01. The van der Waals surface area contributed by atoms with Gasteiger partial charge in [0.15, 0.2) is 0 Å². The Kier molecular flexibility index (Phi) is 4.44. The normalized spacial score (nSPS) is 11.3. The molecule has 0 aliphatic carbocycles. The molecule has 2 N–H and O–H groups in total. The number of tetrazole rings is 1. The van der Waals surface area contributed by atoms with Crippen molar-refractivity contribution >= 4 is 22.9 Å². The number of aromatic nitrogens is 4. The topological polar surface area (TPSA) is 91.2 Å². The number of anilines is 1. The lowest BCUT2D eigenvalue weighted by Gasteiger charge is -2.12. The van der Waals surface area contributed by atoms with Crippen LogP contribution in [-0.4, -0.2) is 26.5 Å². The lowest BCUT2D eigenvalue weighted by atomic mass is 10.0. The third kappa shape index (κ3) is 3.59. The standard InChI is InChI=1S/C19H15FN6O/c20-15-8-5-13(6-9-15)12-27-18-10-7-14-3-1-2-4-16(14)17(18)11-22-26-19(21)23-24-25-26/h1-11H,12H2,(H2,21,23,25). The molecule has 0 saturated carbocycles. The van der Waals surface area contributed by atoms with E-state index < -0.39 is 0 Å². The zero-order valence-electron chi connectivity index (χ0n) is 14.2. The quantitative estimate of drug-likeness (QED) is 0.551. The minimum absolute atomic E-state index is 0.0836. The van der Waals surface area contributed by atoms with E-state index in [9.17, 15) is 4.39 Å². The van der Waals surface area contributed by atoms with Gasteiger partial charge in [0.1, 0.15) is 18.2 Å². The molecule has 0 aliphatic rings. The van der Waals surface area contributed by atoms with Gasteiger partial charge < -0.3 is 10.5 Å². The lowest BCUT2D eigenvalue weighted by molar-refractivity contribution is 0.306. The number of rotatable bonds is 5. The van der Waals surface area contributed by atoms with E-state index in [0.29, 0.717) is 12.4 Å². The summed E-state index contributed by atoms with van der Waals surface area (Å²) in [5.74, 6) is 0.435. The van der Waals surface area contributed by atoms with E-state index in [0.717, 1.165) is 26.7 Å². The number of ether oxygens (including phenoxy) is 1. The summed E-state index contributed by atoms with van der Waals surface area (Å²) >= 11 is 0. The minimum Gasteiger partial charge on any atom is -0.488 e. The molecular formula is C19H15FN6O. The highest BCUT2D eigenvalue weighted by molar-refractivity contribution is 6.02. The van der Waals surface area contributed by atoms with Gasteiger partial charge in [-0.15, -0.1) is 0 Å². The second-order valence-corrected chi connectivity index (χ2v) is 5.78. The van der Waals surface area contributed by atoms with Crippen molar-refractivity contribution in [2.75, 3.05) is 5.73 Å². The Morgan fingerprint density at radius 1 is 1.07 bits per heavy atom. The van der Waals surface area contributed by atoms with Crippen LogP contribution in [-0.2, 0) is 6.61 Å². The van der Waals surface area contributed by atoms with E-state index in [1.807, 2.05) is 36.4 Å². The Hall–Kier alpha value is -3.81. The molecule has 3 aromatic carbocycles. The van der Waals surface area contributed by atoms with Gasteiger partial charge in [0.25, 0.3) is 5.95 Å². The van der Waals surface area contributed by atoms with Gasteiger partial charge in [0.2, 0.25) is 0 Å². The molecule has 27 heavy (non-hydrogen) atoms. The highest BCUT2D eigenvalue weighted by Crippen LogP contribution is 2.27. The van der Waals surface area contributed by atoms with Gasteiger partial charge in [-0.3, -0.25) is 0 Å². The van der Waals surface area contributed by atoms with Gasteiger partial charge in [-0.1, -0.05) is 52.4 Å². The van der Waals surface area contributed by atoms with Crippen LogP contribution in [0.25, 0.3) is 10.8 Å². The van der Waals surface area contributed by atoms with Crippen molar-refractivity contribution in [3.63, 3.8) is 0 Å². The van der Waals surface area contributed by atoms with E-state index in [4.69, 9.17) is 10.5 Å². The summed E-state index contributed by atoms with van der Waals surface area (Å²) in [6, 6.07) is 17.9. The van der Waals surface area contributed by atoms with Crippen LogP contribution < -0.4 is 10.5 Å². The van der Waals surface area contributed by atoms with Crippen molar-refractivity contribution < 1.29 is 9.13 Å². The van der Waals surface area contributed by atoms with Crippen LogP contribution >= 0.6 is 0 Å². The van der Waals surface area contributed by atoms with E-state index in [2.05, 4.69) is 20.6 Å². The second-order valence-electron chi connectivity index (χ2n) is 5.78. The van der Waals surface area contributed by atoms with Crippen molar-refractivity contribution in [3.8, 4) is 5.75 Å². The third-order valence-corrected chi connectivity index (χ3v) is 4.01. The van der Waals surface area contributed by atoms with Crippen LogP contribution in [0.5, 0.6) is 5.75 Å². The van der Waals surface area contributed by atoms with Gasteiger partial charge in [0, 0.05) is 5.56 Å². The van der Waals surface area contributed by atoms with Crippen LogP contribution in [0.1, 0.15) is 11.1 Å². The molecule has 8 heteroatoms. The summed E-state index contributed by atoms with van der Waals surface area (Å²) < 4.78 is 19.0. The number of fused-ring (bicyclic) bond motifs is 1. The van der Waals surface area contributed by atoms with Crippen LogP contribution in [0.4, 0.5) is 10.3 Å². The first-order valence-corrected chi connectivity index (χ1v) is 8.18. The average Bonchev–Trinajstić information content (AvgIpc) is 3.11. The molecule has 1 aromatic heterocycles. The van der Waals surface area contributed by atoms with Crippen molar-refractivity contribution in [1.29, 1.82) is 0 Å². The van der Waals surface area contributed by atoms with Crippen LogP contribution in [0.15, 0.2) is 65.8 Å². The van der Waals surface area contributed by atoms with E-state index >= 15 is 0 Å². The van der Waals surface area contributed by atoms with Crippen LogP contribution in [0.2, 0.25) is 0 Å². The van der Waals surface area contributed by atoms with E-state index in [1.54, 1.807) is 18.3 Å². The van der Waals surface area contributed by atoms with Crippen molar-refractivity contribution in [2.45, 2.75) is 6.61 Å². The summed E-state index contributed by atoms with van der Waals surface area (Å²) in [5, 5.41) is 17.0. The van der Waals surface area contributed by atoms with Gasteiger partial charge >= 0.3 is 0 Å². The first-order chi connectivity index (χ1) is 13.2. The van der Waals surface area contributed by atoms with Gasteiger partial charge in [-0.25, -0.2) is 4.39 Å². The lowest BCUT2D eigenvalue weighted by Crippen LogP contribution is -2.02. The Morgan fingerprint density at radius 2 is 1.89 bits per heavy atom. The Labute approximate surface area is 153 Å². The fourth-order valence-corrected chi connectivity index (χ4v) is 2.66. The molecule has 0 spiro atoms. The minimum atomic E-state index is -0.281. The van der Waals surface area contributed by atoms with E-state index in [1.165, 1.54) is 12.1 Å². The first-order valence-electron chi connectivity index (χ1n) is 8.18. The predicted molar refractivity (Wildman–Crippen MR) is 99.9 cm³/mol. The summed E-state index contributed by atoms with van der Waals surface area (Å²) in [6.07, 6.45) is 1.61. The highest BCUT2D eigenvalue weighted by Gasteiger charge is 2.08. The van der Waals surface area contributed by atoms with Gasteiger partial charge in [-0.05, 0) is 45.0 Å². The first kappa shape index (κ1) is 16.6. The molecule has 0 amide bonds. The van der Waals surface area contributed by atoms with Gasteiger partial charge in [0.05, 0.1) is 6.21 Å². The predicted octanol–water partition coefficient (Wildman–Crippen LogP) is 3.01. The second kappa shape index (κ2) is 7.20. The number of halogens is 1. The summed E-state index contributed by atoms with van der Waals surface area (Å²) in [5.41, 5.74) is 7.28. The SMILES string of the molecule is Nc1nnnn1N=Cc1c(OCc2ccc(F)cc2)ccc2ccccc12. The molecule has 1 heterocycles. The Bertz CT molecular complexity index is 1110. The largest absolute Gasteiger partial charge is 0.488 e. The zero-order valence-corrected chi connectivity index (χ0v) is 14.2. The number of hydrogen-bond donors (Lipinski definition) is 1. The van der Waals surface area contributed by atoms with Crippen LogP contribution in [0.3, 0.4) is 0 Å². The maximum Gasteiger partial charge on any atom is 0.263 e. The molecule has 4 aromatic rings. The van der Waals surface area contributed by atoms with Crippen LogP contribution in [0, 0.1) is 5.82 Å². The fourth-order valence-electron chi connectivity index (χ4n) is 2.66. The summed E-state index contributed by atoms with van der Waals surface area (Å²) in [4.78, 5) is 1.13. The molecule has 134 valence electrons. The average molecular weight is 362 g/mol. The molecule has 0 unspecified atom stereocenters. The number of hydrogen-bond acceptors (Lipinski definition) is 6. The smallest absolute Gasteiger partial charge is 0.263 e. The Morgan fingerprint density at radius 3 is 2.67 bits per heavy atom. The molecule has 0 saturated heterocycles. The fraction of sp³-hybridized carbons (Fsp3) is 0.0526. The summed E-state index contributed by atoms with van der Waals surface area (Å²) in [6.45, 7) is 0.298. The van der Waals surface area contributed by atoms with E-state index in [-0.39, 0.29) is 11.8 Å². The van der Waals surface area contributed by atoms with Crippen molar-refractivity contribution in [3.05, 3.63) is 77.6 Å². The number of nitrogens with two attached hydrogens (primary N) is 1. The van der Waals surface area contributed by atoms with Gasteiger partial charge in [-0.2, -0.15) is 5.10 Å². The van der Waals surface area contributed by atoms with Crippen molar-refractivity contribution in [1.82, 2.24) is 20.3 Å². The maximum atomic E-state index is 13.1. The molecule has 0 bridgehead atoms. The molecule has 7 nitrogen and oxygen atoms in total. The highest BCUT2D eigenvalue weighted by atomic mass is 19.1. The zero-order chi connectivity index (χ0) is 18.6.